The van der Waals surface area contributed by atoms with Gasteiger partial charge in [-0.1, -0.05) is 51.1 Å². The van der Waals surface area contributed by atoms with E-state index >= 15 is 0 Å². The van der Waals surface area contributed by atoms with Crippen LogP contribution in [0.1, 0.15) is 44.7 Å². The Bertz CT molecular complexity index is 890. The van der Waals surface area contributed by atoms with Gasteiger partial charge in [-0.3, -0.25) is 9.10 Å². The lowest BCUT2D eigenvalue weighted by Crippen LogP contribution is -2.45. The van der Waals surface area contributed by atoms with Crippen LogP contribution in [-0.4, -0.2) is 26.6 Å². The van der Waals surface area contributed by atoms with Gasteiger partial charge in [0.1, 0.15) is 6.04 Å². The Balaban J connectivity index is 2.33. The molecule has 0 fully saturated rings. The van der Waals surface area contributed by atoms with Crippen molar-refractivity contribution >= 4 is 27.3 Å². The molecule has 2 rings (SSSR count). The van der Waals surface area contributed by atoms with Crippen molar-refractivity contribution in [3.05, 3.63) is 59.7 Å². The molecule has 0 aliphatic heterocycles. The van der Waals surface area contributed by atoms with Crippen molar-refractivity contribution in [3.63, 3.8) is 0 Å². The molecular formula is C21H28N2O3S. The quantitative estimate of drug-likeness (QED) is 0.774. The van der Waals surface area contributed by atoms with Crippen LogP contribution in [0.2, 0.25) is 0 Å². The highest BCUT2D eigenvalue weighted by Crippen LogP contribution is 2.26. The summed E-state index contributed by atoms with van der Waals surface area (Å²) in [7, 11) is -3.63. The van der Waals surface area contributed by atoms with Gasteiger partial charge in [0.15, 0.2) is 0 Å². The molecule has 0 spiro atoms. The minimum atomic E-state index is -3.63. The average Bonchev–Trinajstić information content (AvgIpc) is 2.61. The SMILES string of the molecule is CCc1ccc(N(C(C)C(=O)Nc2ccccc2C(C)C)S(C)(=O)=O)cc1. The predicted octanol–water partition coefficient (Wildman–Crippen LogP) is 4.17. The second-order valence-corrected chi connectivity index (χ2v) is 8.85. The highest BCUT2D eigenvalue weighted by molar-refractivity contribution is 7.92. The summed E-state index contributed by atoms with van der Waals surface area (Å²) in [5.74, 6) is -0.127. The smallest absolute Gasteiger partial charge is 0.248 e. The van der Waals surface area contributed by atoms with Crippen LogP contribution in [0.4, 0.5) is 11.4 Å². The van der Waals surface area contributed by atoms with Crippen LogP contribution in [-0.2, 0) is 21.2 Å². The Kier molecular flexibility index (Phi) is 6.65. The van der Waals surface area contributed by atoms with Crippen LogP contribution in [0, 0.1) is 0 Å². The Morgan fingerprint density at radius 1 is 1.04 bits per heavy atom. The number of rotatable bonds is 7. The minimum Gasteiger partial charge on any atom is -0.324 e. The van der Waals surface area contributed by atoms with Gasteiger partial charge in [0.2, 0.25) is 15.9 Å². The Hall–Kier alpha value is -2.34. The first-order valence-corrected chi connectivity index (χ1v) is 11.0. The van der Waals surface area contributed by atoms with Gasteiger partial charge >= 0.3 is 0 Å². The Morgan fingerprint density at radius 2 is 1.63 bits per heavy atom. The summed E-state index contributed by atoms with van der Waals surface area (Å²) in [6, 6.07) is 13.9. The summed E-state index contributed by atoms with van der Waals surface area (Å²) in [6.45, 7) is 7.73. The maximum atomic E-state index is 12.9. The number of carbonyl (C=O) groups excluding carboxylic acids is 1. The van der Waals surface area contributed by atoms with E-state index in [1.165, 1.54) is 4.31 Å². The Labute approximate surface area is 162 Å². The molecule has 5 nitrogen and oxygen atoms in total. The van der Waals surface area contributed by atoms with Crippen LogP contribution >= 0.6 is 0 Å². The molecule has 2 aromatic rings. The van der Waals surface area contributed by atoms with Gasteiger partial charge in [-0.25, -0.2) is 8.42 Å². The lowest BCUT2D eigenvalue weighted by atomic mass is 10.0. The van der Waals surface area contributed by atoms with Crippen molar-refractivity contribution in [3.8, 4) is 0 Å². The van der Waals surface area contributed by atoms with Crippen LogP contribution in [0.5, 0.6) is 0 Å². The maximum Gasteiger partial charge on any atom is 0.248 e. The molecule has 0 saturated carbocycles. The van der Waals surface area contributed by atoms with E-state index in [-0.39, 0.29) is 11.8 Å². The highest BCUT2D eigenvalue weighted by atomic mass is 32.2. The number of hydrogen-bond donors (Lipinski definition) is 1. The van der Waals surface area contributed by atoms with Gasteiger partial charge in [0.25, 0.3) is 0 Å². The monoisotopic (exact) mass is 388 g/mol. The summed E-state index contributed by atoms with van der Waals surface area (Å²) < 4.78 is 26.0. The standard InChI is InChI=1S/C21H28N2O3S/c1-6-17-11-13-18(14-12-17)23(27(5,25)26)16(4)21(24)22-20-10-8-7-9-19(20)15(2)3/h7-16H,6H2,1-5H3,(H,22,24). The number of hydrogen-bond acceptors (Lipinski definition) is 3. The molecule has 6 heteroatoms. The van der Waals surface area contributed by atoms with Crippen molar-refractivity contribution < 1.29 is 13.2 Å². The zero-order valence-corrected chi connectivity index (χ0v) is 17.4. The van der Waals surface area contributed by atoms with Crippen LogP contribution in [0.15, 0.2) is 48.5 Å². The second kappa shape index (κ2) is 8.57. The Morgan fingerprint density at radius 3 is 2.15 bits per heavy atom. The number of nitrogens with one attached hydrogen (secondary N) is 1. The van der Waals surface area contributed by atoms with E-state index in [1.807, 2.05) is 57.2 Å². The first kappa shape index (κ1) is 21.0. The molecule has 0 saturated heterocycles. The number of nitrogens with zero attached hydrogens (tertiary/aromatic N) is 1. The molecule has 0 bridgehead atoms. The van der Waals surface area contributed by atoms with E-state index in [4.69, 9.17) is 0 Å². The minimum absolute atomic E-state index is 0.240. The van der Waals surface area contributed by atoms with E-state index in [0.29, 0.717) is 11.4 Å². The first-order chi connectivity index (χ1) is 12.6. The molecule has 0 radical (unpaired) electrons. The van der Waals surface area contributed by atoms with Gasteiger partial charge in [-0.05, 0) is 48.6 Å². The van der Waals surface area contributed by atoms with Crippen LogP contribution in [0.3, 0.4) is 0 Å². The molecule has 2 aromatic carbocycles. The molecule has 1 atom stereocenters. The summed E-state index contributed by atoms with van der Waals surface area (Å²) in [5, 5.41) is 2.89. The van der Waals surface area contributed by atoms with Crippen molar-refractivity contribution in [1.29, 1.82) is 0 Å². The van der Waals surface area contributed by atoms with Crippen LogP contribution < -0.4 is 9.62 Å². The normalized spacial score (nSPS) is 12.7. The van der Waals surface area contributed by atoms with E-state index in [2.05, 4.69) is 5.32 Å². The zero-order valence-electron chi connectivity index (χ0n) is 16.6. The van der Waals surface area contributed by atoms with Crippen molar-refractivity contribution in [2.24, 2.45) is 0 Å². The fourth-order valence-corrected chi connectivity index (χ4v) is 4.21. The number of amides is 1. The number of para-hydroxylation sites is 1. The maximum absolute atomic E-state index is 12.9. The fraction of sp³-hybridized carbons (Fsp3) is 0.381. The average molecular weight is 389 g/mol. The molecule has 0 aliphatic rings. The van der Waals surface area contributed by atoms with E-state index in [0.717, 1.165) is 23.8 Å². The fourth-order valence-electron chi connectivity index (χ4n) is 3.04. The largest absolute Gasteiger partial charge is 0.324 e. The van der Waals surface area contributed by atoms with Crippen molar-refractivity contribution in [1.82, 2.24) is 0 Å². The lowest BCUT2D eigenvalue weighted by Gasteiger charge is -2.28. The van der Waals surface area contributed by atoms with Gasteiger partial charge in [0.05, 0.1) is 11.9 Å². The number of sulfonamides is 1. The third-order valence-corrected chi connectivity index (χ3v) is 5.77. The zero-order chi connectivity index (χ0) is 20.2. The molecular weight excluding hydrogens is 360 g/mol. The summed E-state index contributed by atoms with van der Waals surface area (Å²) in [5.41, 5.74) is 3.31. The molecule has 0 aromatic heterocycles. The van der Waals surface area contributed by atoms with Gasteiger partial charge in [-0.15, -0.1) is 0 Å². The molecule has 27 heavy (non-hydrogen) atoms. The number of carbonyl (C=O) groups is 1. The second-order valence-electron chi connectivity index (χ2n) is 6.99. The third-order valence-electron chi connectivity index (χ3n) is 4.53. The molecule has 1 unspecified atom stereocenters. The predicted molar refractivity (Wildman–Crippen MR) is 112 cm³/mol. The number of anilines is 2. The van der Waals surface area contributed by atoms with Crippen molar-refractivity contribution in [2.75, 3.05) is 15.9 Å². The van der Waals surface area contributed by atoms with Crippen molar-refractivity contribution in [2.45, 2.75) is 46.1 Å². The topological polar surface area (TPSA) is 66.5 Å². The van der Waals surface area contributed by atoms with Gasteiger partial charge in [0, 0.05) is 5.69 Å². The highest BCUT2D eigenvalue weighted by Gasteiger charge is 2.29. The van der Waals surface area contributed by atoms with Crippen LogP contribution in [0.25, 0.3) is 0 Å². The number of aryl methyl sites for hydroxylation is 1. The van der Waals surface area contributed by atoms with E-state index in [9.17, 15) is 13.2 Å². The van der Waals surface area contributed by atoms with E-state index < -0.39 is 16.1 Å². The number of benzene rings is 2. The molecule has 1 amide bonds. The molecule has 0 aliphatic carbocycles. The summed E-state index contributed by atoms with van der Waals surface area (Å²) in [4.78, 5) is 12.9. The third kappa shape index (κ3) is 5.10. The van der Waals surface area contributed by atoms with Gasteiger partial charge in [-0.2, -0.15) is 0 Å². The summed E-state index contributed by atoms with van der Waals surface area (Å²) in [6.07, 6.45) is 1.98. The molecule has 0 heterocycles. The lowest BCUT2D eigenvalue weighted by molar-refractivity contribution is -0.116. The van der Waals surface area contributed by atoms with Gasteiger partial charge < -0.3 is 5.32 Å². The first-order valence-electron chi connectivity index (χ1n) is 9.13. The summed E-state index contributed by atoms with van der Waals surface area (Å²) >= 11 is 0. The molecule has 146 valence electrons. The van der Waals surface area contributed by atoms with E-state index in [1.54, 1.807) is 19.1 Å². The molecule has 1 N–H and O–H groups in total.